The van der Waals surface area contributed by atoms with Crippen molar-refractivity contribution in [1.29, 1.82) is 0 Å². The Balaban J connectivity index is 2.14. The average Bonchev–Trinajstić information content (AvgIpc) is 2.36. The molecule has 19 heavy (non-hydrogen) atoms. The zero-order valence-corrected chi connectivity index (χ0v) is 10.8. The van der Waals surface area contributed by atoms with Crippen LogP contribution in [0.4, 0.5) is 0 Å². The Morgan fingerprint density at radius 3 is 3.11 bits per heavy atom. The number of nitrogens with zero attached hydrogens (tertiary/aromatic N) is 2. The molecule has 6 nitrogen and oxygen atoms in total. The minimum Gasteiger partial charge on any atom is -0.481 e. The van der Waals surface area contributed by atoms with Gasteiger partial charge in [-0.1, -0.05) is 6.07 Å². The Morgan fingerprint density at radius 2 is 2.42 bits per heavy atom. The number of hydrogen-bond acceptors (Lipinski definition) is 4. The van der Waals surface area contributed by atoms with Gasteiger partial charge in [0.1, 0.15) is 6.04 Å². The van der Waals surface area contributed by atoms with Crippen LogP contribution in [-0.4, -0.2) is 46.0 Å². The number of piperazine rings is 1. The van der Waals surface area contributed by atoms with E-state index in [0.717, 1.165) is 11.3 Å². The third kappa shape index (κ3) is 3.29. The summed E-state index contributed by atoms with van der Waals surface area (Å²) in [7, 11) is 0. The molecule has 0 saturated carbocycles. The smallest absolute Gasteiger partial charge is 0.305 e. The van der Waals surface area contributed by atoms with Crippen molar-refractivity contribution in [3.05, 3.63) is 29.6 Å². The van der Waals surface area contributed by atoms with Gasteiger partial charge in [-0.15, -0.1) is 0 Å². The minimum atomic E-state index is -0.968. The molecule has 1 aromatic heterocycles. The summed E-state index contributed by atoms with van der Waals surface area (Å²) >= 11 is 0. The molecule has 1 aliphatic heterocycles. The fourth-order valence-corrected chi connectivity index (χ4v) is 2.21. The first-order valence-electron chi connectivity index (χ1n) is 6.22. The number of rotatable bonds is 4. The Labute approximate surface area is 111 Å². The van der Waals surface area contributed by atoms with Crippen molar-refractivity contribution in [2.45, 2.75) is 25.9 Å². The first-order chi connectivity index (χ1) is 9.08. The first-order valence-corrected chi connectivity index (χ1v) is 6.22. The predicted octanol–water partition coefficient (Wildman–Crippen LogP) is 0.165. The van der Waals surface area contributed by atoms with Crippen molar-refractivity contribution in [3.63, 3.8) is 0 Å². The number of hydrogen-bond donors (Lipinski definition) is 2. The molecule has 0 aromatic carbocycles. The summed E-state index contributed by atoms with van der Waals surface area (Å²) in [6.07, 6.45) is 1.52. The first kappa shape index (κ1) is 13.5. The van der Waals surface area contributed by atoms with E-state index in [4.69, 9.17) is 5.11 Å². The van der Waals surface area contributed by atoms with Crippen LogP contribution < -0.4 is 5.32 Å². The van der Waals surface area contributed by atoms with E-state index in [0.29, 0.717) is 19.6 Å². The van der Waals surface area contributed by atoms with Crippen molar-refractivity contribution >= 4 is 11.9 Å². The van der Waals surface area contributed by atoms with E-state index >= 15 is 0 Å². The van der Waals surface area contributed by atoms with Gasteiger partial charge in [0.15, 0.2) is 0 Å². The fourth-order valence-electron chi connectivity index (χ4n) is 2.21. The molecule has 2 N–H and O–H groups in total. The largest absolute Gasteiger partial charge is 0.481 e. The number of carboxylic acid groups (broad SMARTS) is 1. The van der Waals surface area contributed by atoms with Gasteiger partial charge in [-0.2, -0.15) is 0 Å². The third-order valence-electron chi connectivity index (χ3n) is 3.28. The monoisotopic (exact) mass is 263 g/mol. The Kier molecular flexibility index (Phi) is 4.11. The summed E-state index contributed by atoms with van der Waals surface area (Å²) in [5.74, 6) is -1.19. The van der Waals surface area contributed by atoms with Gasteiger partial charge < -0.3 is 10.4 Å². The summed E-state index contributed by atoms with van der Waals surface area (Å²) < 4.78 is 0. The summed E-state index contributed by atoms with van der Waals surface area (Å²) in [6, 6.07) is 3.20. The molecule has 1 fully saturated rings. The van der Waals surface area contributed by atoms with Crippen molar-refractivity contribution in [3.8, 4) is 0 Å². The van der Waals surface area contributed by atoms with Crippen LogP contribution in [0.5, 0.6) is 0 Å². The van der Waals surface area contributed by atoms with E-state index in [-0.39, 0.29) is 12.3 Å². The maximum absolute atomic E-state index is 11.8. The molecule has 1 amide bonds. The molecule has 102 valence electrons. The molecule has 2 heterocycles. The van der Waals surface area contributed by atoms with Crippen LogP contribution in [0.1, 0.15) is 17.7 Å². The number of aryl methyl sites for hydroxylation is 1. The zero-order chi connectivity index (χ0) is 13.8. The highest BCUT2D eigenvalue weighted by molar-refractivity contribution is 5.86. The number of aliphatic carboxylic acids is 1. The van der Waals surface area contributed by atoms with Gasteiger partial charge in [0.05, 0.1) is 12.1 Å². The molecule has 0 radical (unpaired) electrons. The maximum atomic E-state index is 11.8. The molecule has 1 saturated heterocycles. The van der Waals surface area contributed by atoms with E-state index in [1.54, 1.807) is 6.20 Å². The number of pyridine rings is 1. The molecule has 0 spiro atoms. The standard InChI is InChI=1S/C13H17N3O3/c1-9-3-2-4-14-10(9)8-16-6-5-15-13(19)11(16)7-12(17)18/h2-4,11H,5-8H2,1H3,(H,15,19)(H,17,18). The molecule has 0 bridgehead atoms. The van der Waals surface area contributed by atoms with Crippen LogP contribution in [-0.2, 0) is 16.1 Å². The lowest BCUT2D eigenvalue weighted by atomic mass is 10.1. The second kappa shape index (κ2) is 5.79. The highest BCUT2D eigenvalue weighted by atomic mass is 16.4. The number of carboxylic acids is 1. The summed E-state index contributed by atoms with van der Waals surface area (Å²) in [5, 5.41) is 11.6. The van der Waals surface area contributed by atoms with Crippen LogP contribution in [0.15, 0.2) is 18.3 Å². The van der Waals surface area contributed by atoms with Gasteiger partial charge in [-0.25, -0.2) is 0 Å². The van der Waals surface area contributed by atoms with Crippen molar-refractivity contribution in [2.75, 3.05) is 13.1 Å². The lowest BCUT2D eigenvalue weighted by Crippen LogP contribution is -2.55. The second-order valence-corrected chi connectivity index (χ2v) is 4.64. The molecule has 0 aliphatic carbocycles. The summed E-state index contributed by atoms with van der Waals surface area (Å²) in [5.41, 5.74) is 1.93. The molecule has 6 heteroatoms. The van der Waals surface area contributed by atoms with Gasteiger partial charge in [0.2, 0.25) is 5.91 Å². The van der Waals surface area contributed by atoms with Gasteiger partial charge in [-0.05, 0) is 18.6 Å². The lowest BCUT2D eigenvalue weighted by Gasteiger charge is -2.34. The minimum absolute atomic E-state index is 0.183. The summed E-state index contributed by atoms with van der Waals surface area (Å²) in [4.78, 5) is 28.8. The Hall–Kier alpha value is -1.95. The SMILES string of the molecule is Cc1cccnc1CN1CCNC(=O)C1CC(=O)O. The quantitative estimate of drug-likeness (QED) is 0.809. The van der Waals surface area contributed by atoms with Crippen molar-refractivity contribution in [1.82, 2.24) is 15.2 Å². The molecule has 1 aromatic rings. The van der Waals surface area contributed by atoms with E-state index in [1.165, 1.54) is 0 Å². The van der Waals surface area contributed by atoms with E-state index in [1.807, 2.05) is 24.0 Å². The fraction of sp³-hybridized carbons (Fsp3) is 0.462. The van der Waals surface area contributed by atoms with Crippen LogP contribution in [0.3, 0.4) is 0 Å². The Morgan fingerprint density at radius 1 is 1.63 bits per heavy atom. The predicted molar refractivity (Wildman–Crippen MR) is 68.4 cm³/mol. The van der Waals surface area contributed by atoms with Crippen LogP contribution >= 0.6 is 0 Å². The van der Waals surface area contributed by atoms with Gasteiger partial charge >= 0.3 is 5.97 Å². The average molecular weight is 263 g/mol. The molecule has 1 unspecified atom stereocenters. The van der Waals surface area contributed by atoms with Crippen molar-refractivity contribution in [2.24, 2.45) is 0 Å². The maximum Gasteiger partial charge on any atom is 0.305 e. The lowest BCUT2D eigenvalue weighted by molar-refractivity contribution is -0.143. The molecular formula is C13H17N3O3. The van der Waals surface area contributed by atoms with Crippen molar-refractivity contribution < 1.29 is 14.7 Å². The highest BCUT2D eigenvalue weighted by Gasteiger charge is 2.31. The van der Waals surface area contributed by atoms with Crippen LogP contribution in [0.2, 0.25) is 0 Å². The van der Waals surface area contributed by atoms with Gasteiger partial charge in [0, 0.05) is 25.8 Å². The van der Waals surface area contributed by atoms with E-state index < -0.39 is 12.0 Å². The number of nitrogens with one attached hydrogen (secondary N) is 1. The second-order valence-electron chi connectivity index (χ2n) is 4.64. The third-order valence-corrected chi connectivity index (χ3v) is 3.28. The van der Waals surface area contributed by atoms with E-state index in [2.05, 4.69) is 10.3 Å². The number of amides is 1. The Bertz CT molecular complexity index is 490. The summed E-state index contributed by atoms with van der Waals surface area (Å²) in [6.45, 7) is 3.64. The normalized spacial score (nSPS) is 20.1. The van der Waals surface area contributed by atoms with Crippen LogP contribution in [0.25, 0.3) is 0 Å². The topological polar surface area (TPSA) is 82.5 Å². The molecule has 2 rings (SSSR count). The molecule has 1 aliphatic rings. The van der Waals surface area contributed by atoms with Gasteiger partial charge in [0.25, 0.3) is 0 Å². The van der Waals surface area contributed by atoms with Crippen LogP contribution in [0, 0.1) is 6.92 Å². The molecule has 1 atom stereocenters. The number of carbonyl (C=O) groups is 2. The van der Waals surface area contributed by atoms with E-state index in [9.17, 15) is 9.59 Å². The number of carbonyl (C=O) groups excluding carboxylic acids is 1. The molecular weight excluding hydrogens is 246 g/mol. The highest BCUT2D eigenvalue weighted by Crippen LogP contribution is 2.14. The zero-order valence-electron chi connectivity index (χ0n) is 10.8. The number of aromatic nitrogens is 1. The van der Waals surface area contributed by atoms with Gasteiger partial charge in [-0.3, -0.25) is 19.5 Å².